The van der Waals surface area contributed by atoms with Crippen molar-refractivity contribution in [2.75, 3.05) is 7.11 Å². The van der Waals surface area contributed by atoms with Crippen molar-refractivity contribution in [1.29, 1.82) is 0 Å². The third-order valence-corrected chi connectivity index (χ3v) is 3.38. The molecule has 2 N–H and O–H groups in total. The van der Waals surface area contributed by atoms with E-state index in [9.17, 15) is 14.3 Å². The molecule has 6 heteroatoms. The fourth-order valence-electron chi connectivity index (χ4n) is 1.87. The Hall–Kier alpha value is -1.30. The lowest BCUT2D eigenvalue weighted by Gasteiger charge is -2.26. The van der Waals surface area contributed by atoms with Crippen LogP contribution in [0.4, 0.5) is 4.39 Å². The molecule has 18 heavy (non-hydrogen) atoms. The van der Waals surface area contributed by atoms with Crippen molar-refractivity contribution in [2.45, 2.75) is 25.7 Å². The molecule has 1 aromatic carbocycles. The number of methoxy groups -OCH3 is 1. The van der Waals surface area contributed by atoms with Crippen molar-refractivity contribution in [3.05, 3.63) is 21.9 Å². The number of carboxylic acids is 1. The molecule has 0 atom stereocenters. The molecule has 0 unspecified atom stereocenters. The van der Waals surface area contributed by atoms with E-state index in [1.807, 2.05) is 0 Å². The maximum Gasteiger partial charge on any atom is 0.304 e. The van der Waals surface area contributed by atoms with Crippen molar-refractivity contribution in [1.82, 2.24) is 0 Å². The number of aliphatic carboxylic acids is 1. The van der Waals surface area contributed by atoms with Crippen LogP contribution in [0.25, 0.3) is 0 Å². The van der Waals surface area contributed by atoms with Crippen molar-refractivity contribution in [2.24, 2.45) is 0 Å². The minimum Gasteiger partial charge on any atom is -0.504 e. The lowest BCUT2D eigenvalue weighted by Crippen LogP contribution is -2.24. The van der Waals surface area contributed by atoms with Gasteiger partial charge in [0.2, 0.25) is 0 Å². The van der Waals surface area contributed by atoms with Crippen LogP contribution in [0.2, 0.25) is 0 Å². The van der Waals surface area contributed by atoms with Gasteiger partial charge in [0, 0.05) is 17.0 Å². The first kappa shape index (κ1) is 14.8. The monoisotopic (exact) mass is 320 g/mol. The third kappa shape index (κ3) is 2.75. The van der Waals surface area contributed by atoms with Gasteiger partial charge in [-0.15, -0.1) is 0 Å². The zero-order valence-electron chi connectivity index (χ0n) is 10.3. The van der Waals surface area contributed by atoms with E-state index in [1.165, 1.54) is 7.11 Å². The Labute approximate surface area is 113 Å². The van der Waals surface area contributed by atoms with E-state index in [2.05, 4.69) is 15.9 Å². The molecule has 0 aliphatic heterocycles. The van der Waals surface area contributed by atoms with Crippen LogP contribution in [0.5, 0.6) is 11.5 Å². The molecule has 0 aliphatic rings. The lowest BCUT2D eigenvalue weighted by molar-refractivity contribution is -0.138. The number of phenols is 1. The molecule has 0 radical (unpaired) electrons. The highest BCUT2D eigenvalue weighted by Gasteiger charge is 2.32. The molecule has 100 valence electrons. The quantitative estimate of drug-likeness (QED) is 0.894. The molecule has 0 amide bonds. The Morgan fingerprint density at radius 2 is 2.11 bits per heavy atom. The number of halogens is 2. The van der Waals surface area contributed by atoms with Gasteiger partial charge in [-0.2, -0.15) is 0 Å². The number of rotatable bonds is 4. The maximum atomic E-state index is 13.9. The van der Waals surface area contributed by atoms with E-state index in [-0.39, 0.29) is 28.0 Å². The maximum absolute atomic E-state index is 13.9. The summed E-state index contributed by atoms with van der Waals surface area (Å²) in [5, 5.41) is 18.4. The summed E-state index contributed by atoms with van der Waals surface area (Å²) >= 11 is 3.15. The standard InChI is InChI=1S/C12H14BrFO4/c1-12(2,5-8(16)17)9-6(14)4-7(15)11(18-3)10(9)13/h4,15H,5H2,1-3H3,(H,16,17). The van der Waals surface area contributed by atoms with Gasteiger partial charge in [-0.1, -0.05) is 13.8 Å². The summed E-state index contributed by atoms with van der Waals surface area (Å²) < 4.78 is 19.1. The molecule has 1 aromatic rings. The smallest absolute Gasteiger partial charge is 0.304 e. The van der Waals surface area contributed by atoms with Gasteiger partial charge in [0.25, 0.3) is 0 Å². The Morgan fingerprint density at radius 1 is 1.56 bits per heavy atom. The first-order valence-corrected chi connectivity index (χ1v) is 5.97. The van der Waals surface area contributed by atoms with Crippen LogP contribution >= 0.6 is 15.9 Å². The minimum atomic E-state index is -1.03. The molecule has 0 spiro atoms. The largest absolute Gasteiger partial charge is 0.504 e. The number of hydrogen-bond acceptors (Lipinski definition) is 3. The van der Waals surface area contributed by atoms with E-state index in [4.69, 9.17) is 9.84 Å². The van der Waals surface area contributed by atoms with Crippen molar-refractivity contribution in [3.8, 4) is 11.5 Å². The number of aromatic hydroxyl groups is 1. The van der Waals surface area contributed by atoms with Gasteiger partial charge in [0.1, 0.15) is 5.82 Å². The van der Waals surface area contributed by atoms with E-state index >= 15 is 0 Å². The van der Waals surface area contributed by atoms with E-state index in [0.29, 0.717) is 0 Å². The van der Waals surface area contributed by atoms with Crippen LogP contribution in [0.3, 0.4) is 0 Å². The third-order valence-electron chi connectivity index (χ3n) is 2.63. The number of benzene rings is 1. The topological polar surface area (TPSA) is 66.8 Å². The second-order valence-corrected chi connectivity index (χ2v) is 5.35. The number of ether oxygens (including phenoxy) is 1. The Bertz CT molecular complexity index is 485. The van der Waals surface area contributed by atoms with Crippen molar-refractivity contribution in [3.63, 3.8) is 0 Å². The van der Waals surface area contributed by atoms with Crippen molar-refractivity contribution < 1.29 is 24.1 Å². The van der Waals surface area contributed by atoms with Crippen LogP contribution in [0.15, 0.2) is 10.5 Å². The summed E-state index contributed by atoms with van der Waals surface area (Å²) in [6.07, 6.45) is -0.240. The first-order chi connectivity index (χ1) is 8.20. The predicted octanol–water partition coefficient (Wildman–Crippen LogP) is 3.05. The highest BCUT2D eigenvalue weighted by atomic mass is 79.9. The lowest BCUT2D eigenvalue weighted by atomic mass is 9.81. The summed E-state index contributed by atoms with van der Waals surface area (Å²) in [6, 6.07) is 0.919. The molecule has 0 aromatic heterocycles. The SMILES string of the molecule is COc1c(O)cc(F)c(C(C)(C)CC(=O)O)c1Br. The zero-order chi connectivity index (χ0) is 14.1. The molecule has 0 bridgehead atoms. The molecule has 1 rings (SSSR count). The zero-order valence-corrected chi connectivity index (χ0v) is 11.8. The fourth-order valence-corrected chi connectivity index (χ4v) is 2.96. The minimum absolute atomic E-state index is 0.0878. The number of hydrogen-bond donors (Lipinski definition) is 2. The Balaban J connectivity index is 3.45. The summed E-state index contributed by atoms with van der Waals surface area (Å²) in [5.41, 5.74) is -0.769. The van der Waals surface area contributed by atoms with Gasteiger partial charge >= 0.3 is 5.97 Å². The average molecular weight is 321 g/mol. The highest BCUT2D eigenvalue weighted by Crippen LogP contribution is 2.44. The van der Waals surface area contributed by atoms with Crippen molar-refractivity contribution >= 4 is 21.9 Å². The summed E-state index contributed by atoms with van der Waals surface area (Å²) in [7, 11) is 1.34. The first-order valence-electron chi connectivity index (χ1n) is 5.18. The van der Waals surface area contributed by atoms with Gasteiger partial charge in [-0.3, -0.25) is 4.79 Å². The Kier molecular flexibility index (Phi) is 4.21. The van der Waals surface area contributed by atoms with Gasteiger partial charge in [0.15, 0.2) is 11.5 Å². The van der Waals surface area contributed by atoms with Gasteiger partial charge in [-0.25, -0.2) is 4.39 Å². The fraction of sp³-hybridized carbons (Fsp3) is 0.417. The molecule has 4 nitrogen and oxygen atoms in total. The van der Waals surface area contributed by atoms with Gasteiger partial charge in [-0.05, 0) is 15.9 Å². The van der Waals surface area contributed by atoms with Gasteiger partial charge < -0.3 is 14.9 Å². The normalized spacial score (nSPS) is 11.4. The van der Waals surface area contributed by atoms with E-state index in [1.54, 1.807) is 13.8 Å². The summed E-state index contributed by atoms with van der Waals surface area (Å²) in [6.45, 7) is 3.22. The van der Waals surface area contributed by atoms with Gasteiger partial charge in [0.05, 0.1) is 18.0 Å². The molecule has 0 heterocycles. The second-order valence-electron chi connectivity index (χ2n) is 4.55. The summed E-state index contributed by atoms with van der Waals surface area (Å²) in [5.74, 6) is -1.95. The van der Waals surface area contributed by atoms with Crippen LogP contribution in [0, 0.1) is 5.82 Å². The molecule has 0 fully saturated rings. The molecule has 0 saturated carbocycles. The number of carbonyl (C=O) groups is 1. The molecular weight excluding hydrogens is 307 g/mol. The van der Waals surface area contributed by atoms with E-state index in [0.717, 1.165) is 6.07 Å². The summed E-state index contributed by atoms with van der Waals surface area (Å²) in [4.78, 5) is 10.8. The molecule has 0 aliphatic carbocycles. The molecule has 0 saturated heterocycles. The number of carboxylic acid groups (broad SMARTS) is 1. The number of phenolic OH excluding ortho intramolecular Hbond substituents is 1. The van der Waals surface area contributed by atoms with Crippen LogP contribution in [0.1, 0.15) is 25.8 Å². The average Bonchev–Trinajstić information content (AvgIpc) is 2.13. The molecular formula is C12H14BrFO4. The Morgan fingerprint density at radius 3 is 2.56 bits per heavy atom. The van der Waals surface area contributed by atoms with E-state index < -0.39 is 17.2 Å². The van der Waals surface area contributed by atoms with Crippen LogP contribution in [-0.2, 0) is 10.2 Å². The predicted molar refractivity (Wildman–Crippen MR) is 67.6 cm³/mol. The van der Waals surface area contributed by atoms with Crippen LogP contribution in [-0.4, -0.2) is 23.3 Å². The second kappa shape index (κ2) is 5.14. The highest BCUT2D eigenvalue weighted by molar-refractivity contribution is 9.10. The van der Waals surface area contributed by atoms with Crippen LogP contribution < -0.4 is 4.74 Å².